The number of aryl methyl sites for hydroxylation is 1. The molecule has 84 valence electrons. The maximum atomic E-state index is 13.0. The monoisotopic (exact) mass is 211 g/mol. The second kappa shape index (κ2) is 5.83. The molecular formula is C12H18FNO. The minimum Gasteiger partial charge on any atom is -0.395 e. The minimum absolute atomic E-state index is 0.0904. The average molecular weight is 211 g/mol. The summed E-state index contributed by atoms with van der Waals surface area (Å²) in [7, 11) is 0. The quantitative estimate of drug-likeness (QED) is 0.780. The number of halogens is 1. The largest absolute Gasteiger partial charge is 0.395 e. The number of aliphatic hydroxyl groups is 1. The lowest BCUT2D eigenvalue weighted by atomic mass is 10.1. The first-order valence-electron chi connectivity index (χ1n) is 5.26. The zero-order chi connectivity index (χ0) is 11.3. The summed E-state index contributed by atoms with van der Waals surface area (Å²) in [5.74, 6) is -0.213. The molecule has 1 aromatic carbocycles. The van der Waals surface area contributed by atoms with Gasteiger partial charge in [-0.05, 0) is 36.6 Å². The molecule has 0 aromatic heterocycles. The molecule has 1 aromatic rings. The third-order valence-corrected chi connectivity index (χ3v) is 2.61. The maximum Gasteiger partial charge on any atom is 0.123 e. The van der Waals surface area contributed by atoms with Crippen LogP contribution in [0.15, 0.2) is 18.2 Å². The Morgan fingerprint density at radius 2 is 2.20 bits per heavy atom. The molecule has 1 rings (SSSR count). The van der Waals surface area contributed by atoms with E-state index in [0.717, 1.165) is 17.5 Å². The van der Waals surface area contributed by atoms with Crippen LogP contribution in [0, 0.1) is 12.7 Å². The number of hydrogen-bond acceptors (Lipinski definition) is 2. The van der Waals surface area contributed by atoms with Gasteiger partial charge in [-0.15, -0.1) is 0 Å². The summed E-state index contributed by atoms with van der Waals surface area (Å²) in [6.45, 7) is 4.68. The van der Waals surface area contributed by atoms with Gasteiger partial charge in [0.2, 0.25) is 0 Å². The highest BCUT2D eigenvalue weighted by molar-refractivity contribution is 5.26. The summed E-state index contributed by atoms with van der Waals surface area (Å²) in [4.78, 5) is 0. The average Bonchev–Trinajstić information content (AvgIpc) is 2.24. The van der Waals surface area contributed by atoms with Crippen molar-refractivity contribution in [1.82, 2.24) is 5.32 Å². The van der Waals surface area contributed by atoms with Gasteiger partial charge in [0.25, 0.3) is 0 Å². The summed E-state index contributed by atoms with van der Waals surface area (Å²) in [5.41, 5.74) is 2.01. The van der Waals surface area contributed by atoms with E-state index in [2.05, 4.69) is 5.32 Å². The predicted octanol–water partition coefficient (Wildman–Crippen LogP) is 1.99. The molecule has 0 aliphatic heterocycles. The molecule has 0 heterocycles. The zero-order valence-electron chi connectivity index (χ0n) is 9.26. The van der Waals surface area contributed by atoms with Gasteiger partial charge < -0.3 is 10.4 Å². The molecular weight excluding hydrogens is 193 g/mol. The van der Waals surface area contributed by atoms with Crippen LogP contribution in [-0.4, -0.2) is 17.8 Å². The molecule has 0 unspecified atom stereocenters. The van der Waals surface area contributed by atoms with Crippen LogP contribution in [-0.2, 0) is 6.54 Å². The van der Waals surface area contributed by atoms with Gasteiger partial charge in [0.1, 0.15) is 5.82 Å². The summed E-state index contributed by atoms with van der Waals surface area (Å²) in [6, 6.07) is 4.86. The summed E-state index contributed by atoms with van der Waals surface area (Å²) >= 11 is 0. The smallest absolute Gasteiger partial charge is 0.123 e. The van der Waals surface area contributed by atoms with Crippen LogP contribution in [0.25, 0.3) is 0 Å². The SMILES string of the molecule is CC[C@@H](CO)NCc1cc(F)ccc1C. The van der Waals surface area contributed by atoms with E-state index in [4.69, 9.17) is 5.11 Å². The number of rotatable bonds is 5. The van der Waals surface area contributed by atoms with E-state index >= 15 is 0 Å². The second-order valence-electron chi connectivity index (χ2n) is 3.74. The minimum atomic E-state index is -0.213. The molecule has 0 fully saturated rings. The third kappa shape index (κ3) is 3.61. The molecule has 0 amide bonds. The Bertz CT molecular complexity index is 310. The van der Waals surface area contributed by atoms with E-state index in [1.807, 2.05) is 13.8 Å². The molecule has 0 saturated carbocycles. The number of nitrogens with one attached hydrogen (secondary N) is 1. The van der Waals surface area contributed by atoms with Crippen LogP contribution in [0.5, 0.6) is 0 Å². The predicted molar refractivity (Wildman–Crippen MR) is 59.1 cm³/mol. The number of aliphatic hydroxyl groups excluding tert-OH is 1. The molecule has 15 heavy (non-hydrogen) atoms. The summed E-state index contributed by atoms with van der Waals surface area (Å²) < 4.78 is 13.0. The van der Waals surface area contributed by atoms with Crippen LogP contribution in [0.3, 0.4) is 0 Å². The van der Waals surface area contributed by atoms with E-state index < -0.39 is 0 Å². The second-order valence-corrected chi connectivity index (χ2v) is 3.74. The van der Waals surface area contributed by atoms with Crippen LogP contribution in [0.1, 0.15) is 24.5 Å². The molecule has 1 atom stereocenters. The Balaban J connectivity index is 2.60. The van der Waals surface area contributed by atoms with Crippen molar-refractivity contribution in [3.63, 3.8) is 0 Å². The standard InChI is InChI=1S/C12H18FNO/c1-3-12(8-15)14-7-10-6-11(13)5-4-9(10)2/h4-6,12,14-15H,3,7-8H2,1-2H3/t12-/m0/s1. The van der Waals surface area contributed by atoms with Gasteiger partial charge in [0, 0.05) is 12.6 Å². The fraction of sp³-hybridized carbons (Fsp3) is 0.500. The van der Waals surface area contributed by atoms with Crippen molar-refractivity contribution in [2.24, 2.45) is 0 Å². The Labute approximate surface area is 90.1 Å². The van der Waals surface area contributed by atoms with Gasteiger partial charge in [-0.2, -0.15) is 0 Å². The number of benzene rings is 1. The molecule has 0 aliphatic rings. The molecule has 0 saturated heterocycles. The fourth-order valence-corrected chi connectivity index (χ4v) is 1.42. The fourth-order valence-electron chi connectivity index (χ4n) is 1.42. The van der Waals surface area contributed by atoms with Gasteiger partial charge in [0.05, 0.1) is 6.61 Å². The molecule has 3 heteroatoms. The lowest BCUT2D eigenvalue weighted by molar-refractivity contribution is 0.238. The Kier molecular flexibility index (Phi) is 4.72. The first-order valence-corrected chi connectivity index (χ1v) is 5.26. The lowest BCUT2D eigenvalue weighted by Gasteiger charge is -2.15. The molecule has 0 radical (unpaired) electrons. The summed E-state index contributed by atoms with van der Waals surface area (Å²) in [5, 5.41) is 12.2. The van der Waals surface area contributed by atoms with Crippen molar-refractivity contribution < 1.29 is 9.50 Å². The van der Waals surface area contributed by atoms with Crippen LogP contribution >= 0.6 is 0 Å². The third-order valence-electron chi connectivity index (χ3n) is 2.61. The first kappa shape index (κ1) is 12.1. The van der Waals surface area contributed by atoms with Crippen molar-refractivity contribution in [2.45, 2.75) is 32.9 Å². The van der Waals surface area contributed by atoms with Crippen molar-refractivity contribution in [1.29, 1.82) is 0 Å². The molecule has 2 N–H and O–H groups in total. The highest BCUT2D eigenvalue weighted by Crippen LogP contribution is 2.10. The molecule has 0 bridgehead atoms. The normalized spacial score (nSPS) is 12.8. The van der Waals surface area contributed by atoms with Crippen molar-refractivity contribution in [2.75, 3.05) is 6.61 Å². The van der Waals surface area contributed by atoms with Gasteiger partial charge >= 0.3 is 0 Å². The van der Waals surface area contributed by atoms with Gasteiger partial charge in [-0.1, -0.05) is 13.0 Å². The maximum absolute atomic E-state index is 13.0. The Hall–Kier alpha value is -0.930. The van der Waals surface area contributed by atoms with Crippen LogP contribution in [0.4, 0.5) is 4.39 Å². The van der Waals surface area contributed by atoms with Gasteiger partial charge in [-0.3, -0.25) is 0 Å². The topological polar surface area (TPSA) is 32.3 Å². The van der Waals surface area contributed by atoms with Crippen molar-refractivity contribution >= 4 is 0 Å². The zero-order valence-corrected chi connectivity index (χ0v) is 9.26. The lowest BCUT2D eigenvalue weighted by Crippen LogP contribution is -2.31. The Morgan fingerprint density at radius 3 is 2.80 bits per heavy atom. The van der Waals surface area contributed by atoms with Gasteiger partial charge in [0.15, 0.2) is 0 Å². The van der Waals surface area contributed by atoms with Crippen LogP contribution in [0.2, 0.25) is 0 Å². The van der Waals surface area contributed by atoms with Crippen molar-refractivity contribution in [3.8, 4) is 0 Å². The van der Waals surface area contributed by atoms with E-state index in [0.29, 0.717) is 6.54 Å². The van der Waals surface area contributed by atoms with Crippen molar-refractivity contribution in [3.05, 3.63) is 35.1 Å². The first-order chi connectivity index (χ1) is 7.17. The number of hydrogen-bond donors (Lipinski definition) is 2. The van der Waals surface area contributed by atoms with E-state index in [1.54, 1.807) is 6.07 Å². The van der Waals surface area contributed by atoms with Crippen LogP contribution < -0.4 is 5.32 Å². The van der Waals surface area contributed by atoms with E-state index in [9.17, 15) is 4.39 Å². The Morgan fingerprint density at radius 1 is 1.47 bits per heavy atom. The van der Waals surface area contributed by atoms with Gasteiger partial charge in [-0.25, -0.2) is 4.39 Å². The van der Waals surface area contributed by atoms with E-state index in [-0.39, 0.29) is 18.5 Å². The summed E-state index contributed by atoms with van der Waals surface area (Å²) in [6.07, 6.45) is 0.866. The highest BCUT2D eigenvalue weighted by atomic mass is 19.1. The molecule has 0 aliphatic carbocycles. The molecule has 0 spiro atoms. The highest BCUT2D eigenvalue weighted by Gasteiger charge is 2.05. The van der Waals surface area contributed by atoms with E-state index in [1.165, 1.54) is 12.1 Å². The molecule has 2 nitrogen and oxygen atoms in total.